The third kappa shape index (κ3) is 4.66. The van der Waals surface area contributed by atoms with E-state index in [4.69, 9.17) is 9.47 Å². The van der Waals surface area contributed by atoms with Crippen molar-refractivity contribution < 1.29 is 9.47 Å². The second-order valence-electron chi connectivity index (χ2n) is 5.82. The fourth-order valence-corrected chi connectivity index (χ4v) is 2.31. The van der Waals surface area contributed by atoms with Crippen LogP contribution < -0.4 is 20.1 Å². The summed E-state index contributed by atoms with van der Waals surface area (Å²) in [4.78, 5) is 4.44. The molecule has 22 heavy (non-hydrogen) atoms. The summed E-state index contributed by atoms with van der Waals surface area (Å²) in [5.41, 5.74) is 1.16. The SMILES string of the molecule is COc1ccc(C(C)(C)CNC2=NCCCN2)cc1OC.I. The molecule has 1 aliphatic heterocycles. The van der Waals surface area contributed by atoms with E-state index in [1.54, 1.807) is 14.2 Å². The molecular weight excluding hydrogens is 393 g/mol. The lowest BCUT2D eigenvalue weighted by Crippen LogP contribution is -2.45. The molecule has 0 saturated heterocycles. The molecule has 124 valence electrons. The minimum absolute atomic E-state index is 0. The molecule has 2 N–H and O–H groups in total. The fourth-order valence-electron chi connectivity index (χ4n) is 2.31. The maximum absolute atomic E-state index is 5.39. The summed E-state index contributed by atoms with van der Waals surface area (Å²) in [6.07, 6.45) is 1.10. The lowest BCUT2D eigenvalue weighted by atomic mass is 9.84. The molecule has 0 unspecified atom stereocenters. The highest BCUT2D eigenvalue weighted by atomic mass is 127. The number of halogens is 1. The minimum Gasteiger partial charge on any atom is -0.493 e. The van der Waals surface area contributed by atoms with E-state index >= 15 is 0 Å². The summed E-state index contributed by atoms with van der Waals surface area (Å²) in [5, 5.41) is 6.67. The zero-order valence-corrected chi connectivity index (χ0v) is 16.1. The highest BCUT2D eigenvalue weighted by Gasteiger charge is 2.23. The average molecular weight is 419 g/mol. The summed E-state index contributed by atoms with van der Waals surface area (Å²) < 4.78 is 10.7. The predicted molar refractivity (Wildman–Crippen MR) is 101 cm³/mol. The number of nitrogens with one attached hydrogen (secondary N) is 2. The highest BCUT2D eigenvalue weighted by molar-refractivity contribution is 14.0. The number of hydrogen-bond acceptors (Lipinski definition) is 5. The molecule has 1 aromatic carbocycles. The standard InChI is InChI=1S/C16H25N3O2.HI/c1-16(2,11-19-15-17-8-5-9-18-15)12-6-7-13(20-3)14(10-12)21-4;/h6-7,10H,5,8-9,11H2,1-4H3,(H2,17,18,19);1H. The molecule has 6 heteroatoms. The van der Waals surface area contributed by atoms with Crippen molar-refractivity contribution >= 4 is 29.9 Å². The Balaban J connectivity index is 0.00000242. The van der Waals surface area contributed by atoms with E-state index in [0.29, 0.717) is 0 Å². The fraction of sp³-hybridized carbons (Fsp3) is 0.562. The van der Waals surface area contributed by atoms with Crippen molar-refractivity contribution in [3.8, 4) is 11.5 Å². The van der Waals surface area contributed by atoms with E-state index in [-0.39, 0.29) is 29.4 Å². The summed E-state index contributed by atoms with van der Waals surface area (Å²) in [6, 6.07) is 6.07. The van der Waals surface area contributed by atoms with E-state index in [2.05, 4.69) is 35.5 Å². The highest BCUT2D eigenvalue weighted by Crippen LogP contribution is 2.32. The van der Waals surface area contributed by atoms with Crippen molar-refractivity contribution in [3.05, 3.63) is 23.8 Å². The number of ether oxygens (including phenoxy) is 2. The first-order valence-electron chi connectivity index (χ1n) is 7.31. The second kappa shape index (κ2) is 8.45. The molecule has 0 amide bonds. The summed E-state index contributed by atoms with van der Waals surface area (Å²) in [5.74, 6) is 2.41. The Bertz CT molecular complexity index is 518. The molecule has 0 fully saturated rings. The first-order valence-corrected chi connectivity index (χ1v) is 7.31. The average Bonchev–Trinajstić information content (AvgIpc) is 2.53. The van der Waals surface area contributed by atoms with Gasteiger partial charge < -0.3 is 20.1 Å². The van der Waals surface area contributed by atoms with E-state index in [1.165, 1.54) is 5.56 Å². The molecule has 0 aliphatic carbocycles. The smallest absolute Gasteiger partial charge is 0.191 e. The van der Waals surface area contributed by atoms with Crippen LogP contribution in [0.3, 0.4) is 0 Å². The van der Waals surface area contributed by atoms with E-state index in [1.807, 2.05) is 12.1 Å². The lowest BCUT2D eigenvalue weighted by molar-refractivity contribution is 0.353. The van der Waals surface area contributed by atoms with Gasteiger partial charge in [0.25, 0.3) is 0 Å². The Hall–Kier alpha value is -1.18. The number of rotatable bonds is 5. The first kappa shape index (κ1) is 18.9. The lowest BCUT2D eigenvalue weighted by Gasteiger charge is -2.28. The van der Waals surface area contributed by atoms with Gasteiger partial charge in [0.1, 0.15) is 0 Å². The summed E-state index contributed by atoms with van der Waals surface area (Å²) in [6.45, 7) is 7.08. The van der Waals surface area contributed by atoms with Gasteiger partial charge in [-0.3, -0.25) is 4.99 Å². The van der Waals surface area contributed by atoms with Crippen LogP contribution in [0.4, 0.5) is 0 Å². The number of hydrogen-bond donors (Lipinski definition) is 2. The van der Waals surface area contributed by atoms with Gasteiger partial charge in [0.05, 0.1) is 14.2 Å². The molecule has 2 rings (SSSR count). The van der Waals surface area contributed by atoms with Crippen LogP contribution in [-0.4, -0.2) is 39.8 Å². The number of benzene rings is 1. The van der Waals surface area contributed by atoms with Crippen molar-refractivity contribution in [3.63, 3.8) is 0 Å². The minimum atomic E-state index is -0.0405. The summed E-state index contributed by atoms with van der Waals surface area (Å²) >= 11 is 0. The Kier molecular flexibility index (Phi) is 7.25. The van der Waals surface area contributed by atoms with Crippen molar-refractivity contribution in [2.45, 2.75) is 25.7 Å². The molecular formula is C16H26IN3O2. The van der Waals surface area contributed by atoms with Gasteiger partial charge in [-0.15, -0.1) is 24.0 Å². The quantitative estimate of drug-likeness (QED) is 0.721. The van der Waals surface area contributed by atoms with E-state index in [9.17, 15) is 0 Å². The monoisotopic (exact) mass is 419 g/mol. The second-order valence-corrected chi connectivity index (χ2v) is 5.82. The van der Waals surface area contributed by atoms with Gasteiger partial charge in [-0.05, 0) is 24.1 Å². The van der Waals surface area contributed by atoms with Crippen molar-refractivity contribution in [2.24, 2.45) is 4.99 Å². The van der Waals surface area contributed by atoms with Gasteiger partial charge in [-0.1, -0.05) is 19.9 Å². The Morgan fingerprint density at radius 2 is 1.95 bits per heavy atom. The molecule has 1 heterocycles. The molecule has 0 aromatic heterocycles. The van der Waals surface area contributed by atoms with Gasteiger partial charge >= 0.3 is 0 Å². The number of aliphatic imine (C=N–C) groups is 1. The first-order chi connectivity index (χ1) is 10.1. The third-order valence-corrected chi connectivity index (χ3v) is 3.76. The zero-order chi connectivity index (χ0) is 15.3. The van der Waals surface area contributed by atoms with Crippen LogP contribution in [0, 0.1) is 0 Å². The van der Waals surface area contributed by atoms with Gasteiger partial charge in [0.15, 0.2) is 17.5 Å². The molecule has 1 aliphatic rings. The van der Waals surface area contributed by atoms with Crippen LogP contribution in [0.25, 0.3) is 0 Å². The van der Waals surface area contributed by atoms with Gasteiger partial charge in [-0.2, -0.15) is 0 Å². The number of nitrogens with zero attached hydrogens (tertiary/aromatic N) is 1. The van der Waals surface area contributed by atoms with Gasteiger partial charge in [0.2, 0.25) is 0 Å². The molecule has 0 bridgehead atoms. The third-order valence-electron chi connectivity index (χ3n) is 3.76. The van der Waals surface area contributed by atoms with Crippen LogP contribution in [-0.2, 0) is 5.41 Å². The Morgan fingerprint density at radius 3 is 2.55 bits per heavy atom. The largest absolute Gasteiger partial charge is 0.493 e. The number of methoxy groups -OCH3 is 2. The van der Waals surface area contributed by atoms with Crippen LogP contribution in [0.5, 0.6) is 11.5 Å². The molecule has 1 aromatic rings. The summed E-state index contributed by atoms with van der Waals surface area (Å²) in [7, 11) is 3.31. The molecule has 0 radical (unpaired) electrons. The molecule has 0 saturated carbocycles. The van der Waals surface area contributed by atoms with Crippen molar-refractivity contribution in [1.82, 2.24) is 10.6 Å². The van der Waals surface area contributed by atoms with Crippen LogP contribution in [0.15, 0.2) is 23.2 Å². The molecule has 5 nitrogen and oxygen atoms in total. The van der Waals surface area contributed by atoms with Crippen LogP contribution in [0.1, 0.15) is 25.8 Å². The van der Waals surface area contributed by atoms with Gasteiger partial charge in [0, 0.05) is 25.0 Å². The normalized spacial score (nSPS) is 14.3. The Morgan fingerprint density at radius 1 is 1.23 bits per heavy atom. The van der Waals surface area contributed by atoms with E-state index < -0.39 is 0 Å². The maximum atomic E-state index is 5.39. The van der Waals surface area contributed by atoms with Crippen molar-refractivity contribution in [1.29, 1.82) is 0 Å². The number of guanidine groups is 1. The van der Waals surface area contributed by atoms with Gasteiger partial charge in [-0.25, -0.2) is 0 Å². The van der Waals surface area contributed by atoms with Crippen molar-refractivity contribution in [2.75, 3.05) is 33.9 Å². The predicted octanol–water partition coefficient (Wildman–Crippen LogP) is 2.54. The topological polar surface area (TPSA) is 54.9 Å². The maximum Gasteiger partial charge on any atom is 0.191 e. The zero-order valence-electron chi connectivity index (χ0n) is 13.7. The Labute approximate surface area is 149 Å². The van der Waals surface area contributed by atoms with Crippen LogP contribution >= 0.6 is 24.0 Å². The van der Waals surface area contributed by atoms with Crippen LogP contribution in [0.2, 0.25) is 0 Å². The van der Waals surface area contributed by atoms with E-state index in [0.717, 1.165) is 43.5 Å². The molecule has 0 atom stereocenters. The molecule has 0 spiro atoms.